The molecule has 0 spiro atoms. The molecule has 1 aliphatic rings. The van der Waals surface area contributed by atoms with E-state index >= 15 is 0 Å². The van der Waals surface area contributed by atoms with Gasteiger partial charge in [0.1, 0.15) is 12.2 Å². The summed E-state index contributed by atoms with van der Waals surface area (Å²) in [6.07, 6.45) is 1.41. The summed E-state index contributed by atoms with van der Waals surface area (Å²) < 4.78 is 12.3. The molecule has 10 heteroatoms. The summed E-state index contributed by atoms with van der Waals surface area (Å²) in [7, 11) is 0. The summed E-state index contributed by atoms with van der Waals surface area (Å²) in [5.41, 5.74) is 2.33. The molecule has 0 bridgehead atoms. The van der Waals surface area contributed by atoms with E-state index in [2.05, 4.69) is 21.2 Å². The minimum Gasteiger partial charge on any atom is -0.490 e. The SMILES string of the molecule is CCOc1cc(/C=C2\C(=O)NC(=O)N(c3cccc(C)c3)C2=O)cc(Br)c1OCc1ccc(Cl)c(Cl)c1. The van der Waals surface area contributed by atoms with Crippen LogP contribution in [0.1, 0.15) is 23.6 Å². The third-order valence-electron chi connectivity index (χ3n) is 5.37. The van der Waals surface area contributed by atoms with Crippen molar-refractivity contribution in [3.05, 3.63) is 91.4 Å². The molecule has 3 aromatic rings. The number of urea groups is 1. The van der Waals surface area contributed by atoms with Crippen LogP contribution in [-0.4, -0.2) is 24.5 Å². The fourth-order valence-corrected chi connectivity index (χ4v) is 4.58. The maximum absolute atomic E-state index is 13.2. The van der Waals surface area contributed by atoms with Gasteiger partial charge in [0, 0.05) is 0 Å². The van der Waals surface area contributed by atoms with Crippen molar-refractivity contribution < 1.29 is 23.9 Å². The first-order chi connectivity index (χ1) is 17.7. The molecule has 1 fully saturated rings. The maximum atomic E-state index is 13.2. The van der Waals surface area contributed by atoms with E-state index in [-0.39, 0.29) is 12.2 Å². The third kappa shape index (κ3) is 5.98. The molecule has 4 amide bonds. The Hall–Kier alpha value is -3.33. The van der Waals surface area contributed by atoms with Crippen LogP contribution in [0.4, 0.5) is 10.5 Å². The van der Waals surface area contributed by atoms with E-state index in [1.54, 1.807) is 48.5 Å². The number of nitrogens with zero attached hydrogens (tertiary/aromatic N) is 1. The highest BCUT2D eigenvalue weighted by Gasteiger charge is 2.37. The zero-order chi connectivity index (χ0) is 26.7. The summed E-state index contributed by atoms with van der Waals surface area (Å²) in [5.74, 6) is -0.675. The largest absolute Gasteiger partial charge is 0.490 e. The molecule has 1 heterocycles. The highest BCUT2D eigenvalue weighted by molar-refractivity contribution is 9.10. The highest BCUT2D eigenvalue weighted by Crippen LogP contribution is 2.38. The predicted molar refractivity (Wildman–Crippen MR) is 146 cm³/mol. The van der Waals surface area contributed by atoms with Gasteiger partial charge < -0.3 is 9.47 Å². The Labute approximate surface area is 232 Å². The molecule has 1 aliphatic heterocycles. The van der Waals surface area contributed by atoms with Crippen LogP contribution in [-0.2, 0) is 16.2 Å². The molecule has 0 saturated carbocycles. The van der Waals surface area contributed by atoms with Crippen molar-refractivity contribution in [2.24, 2.45) is 0 Å². The Balaban J connectivity index is 1.66. The van der Waals surface area contributed by atoms with Crippen molar-refractivity contribution in [2.75, 3.05) is 11.5 Å². The number of hydrogen-bond acceptors (Lipinski definition) is 5. The van der Waals surface area contributed by atoms with Crippen LogP contribution in [0.3, 0.4) is 0 Å². The molecule has 7 nitrogen and oxygen atoms in total. The number of aryl methyl sites for hydroxylation is 1. The summed E-state index contributed by atoms with van der Waals surface area (Å²) in [6, 6.07) is 14.6. The second-order valence-corrected chi connectivity index (χ2v) is 9.77. The molecule has 190 valence electrons. The zero-order valence-electron chi connectivity index (χ0n) is 19.8. The Kier molecular flexibility index (Phi) is 8.22. The standard InChI is InChI=1S/C27H21BrCl2N2O5/c1-3-36-23-13-17(11-20(28)24(23)37-14-16-7-8-21(29)22(30)12-16)10-19-25(33)31-27(35)32(26(19)34)18-6-4-5-15(2)9-18/h4-13H,3,14H2,1-2H3,(H,31,33,35)/b19-10+. The number of nitrogens with one attached hydrogen (secondary N) is 1. The minimum atomic E-state index is -0.806. The lowest BCUT2D eigenvalue weighted by atomic mass is 10.1. The van der Waals surface area contributed by atoms with Gasteiger partial charge in [0.15, 0.2) is 11.5 Å². The van der Waals surface area contributed by atoms with Crippen LogP contribution in [0.2, 0.25) is 10.0 Å². The van der Waals surface area contributed by atoms with Crippen molar-refractivity contribution in [3.63, 3.8) is 0 Å². The van der Waals surface area contributed by atoms with Gasteiger partial charge in [0.05, 0.1) is 26.8 Å². The van der Waals surface area contributed by atoms with Gasteiger partial charge in [-0.05, 0) is 88.9 Å². The van der Waals surface area contributed by atoms with E-state index in [0.717, 1.165) is 16.0 Å². The number of ether oxygens (including phenoxy) is 2. The van der Waals surface area contributed by atoms with Crippen LogP contribution in [0.15, 0.2) is 64.6 Å². The molecule has 0 aromatic heterocycles. The van der Waals surface area contributed by atoms with Crippen LogP contribution < -0.4 is 19.7 Å². The number of barbiturate groups is 1. The predicted octanol–water partition coefficient (Wildman–Crippen LogP) is 6.71. The zero-order valence-corrected chi connectivity index (χ0v) is 22.9. The molecule has 1 N–H and O–H groups in total. The monoisotopic (exact) mass is 602 g/mol. The summed E-state index contributed by atoms with van der Waals surface area (Å²) in [4.78, 5) is 39.2. The number of imide groups is 2. The van der Waals surface area contributed by atoms with Gasteiger partial charge in [-0.25, -0.2) is 9.69 Å². The molecule has 0 aliphatic carbocycles. The molecular weight excluding hydrogens is 583 g/mol. The number of rotatable bonds is 7. The topological polar surface area (TPSA) is 84.9 Å². The van der Waals surface area contributed by atoms with Gasteiger partial charge in [-0.15, -0.1) is 0 Å². The number of hydrogen-bond donors (Lipinski definition) is 1. The van der Waals surface area contributed by atoms with Crippen molar-refractivity contribution in [3.8, 4) is 11.5 Å². The summed E-state index contributed by atoms with van der Waals surface area (Å²) in [6.45, 7) is 4.22. The van der Waals surface area contributed by atoms with Gasteiger partial charge in [0.2, 0.25) is 0 Å². The third-order valence-corrected chi connectivity index (χ3v) is 6.70. The lowest BCUT2D eigenvalue weighted by Crippen LogP contribution is -2.54. The number of amides is 4. The van der Waals surface area contributed by atoms with E-state index in [4.69, 9.17) is 32.7 Å². The molecule has 37 heavy (non-hydrogen) atoms. The summed E-state index contributed by atoms with van der Waals surface area (Å²) >= 11 is 15.6. The second-order valence-electron chi connectivity index (χ2n) is 8.10. The Bertz CT molecular complexity index is 1440. The highest BCUT2D eigenvalue weighted by atomic mass is 79.9. The maximum Gasteiger partial charge on any atom is 0.335 e. The smallest absolute Gasteiger partial charge is 0.335 e. The first kappa shape index (κ1) is 26.7. The quantitative estimate of drug-likeness (QED) is 0.240. The number of anilines is 1. The molecule has 0 radical (unpaired) electrons. The first-order valence-corrected chi connectivity index (χ1v) is 12.7. The van der Waals surface area contributed by atoms with Crippen molar-refractivity contribution in [1.29, 1.82) is 0 Å². The van der Waals surface area contributed by atoms with Gasteiger partial charge in [0.25, 0.3) is 11.8 Å². The fourth-order valence-electron chi connectivity index (χ4n) is 3.68. The van der Waals surface area contributed by atoms with Crippen molar-refractivity contribution in [1.82, 2.24) is 5.32 Å². The normalized spacial score (nSPS) is 14.7. The lowest BCUT2D eigenvalue weighted by Gasteiger charge is -2.26. The van der Waals surface area contributed by atoms with Crippen molar-refractivity contribution in [2.45, 2.75) is 20.5 Å². The molecule has 0 unspecified atom stereocenters. The second kappa shape index (κ2) is 11.4. The number of benzene rings is 3. The van der Waals surface area contributed by atoms with Gasteiger partial charge in [-0.3, -0.25) is 14.9 Å². The number of carbonyl (C=O) groups is 3. The molecule has 0 atom stereocenters. The van der Waals surface area contributed by atoms with Crippen LogP contribution in [0.5, 0.6) is 11.5 Å². The number of halogens is 3. The Morgan fingerprint density at radius 1 is 1.00 bits per heavy atom. The van der Waals surface area contributed by atoms with Crippen LogP contribution >= 0.6 is 39.1 Å². The Morgan fingerprint density at radius 3 is 2.49 bits per heavy atom. The summed E-state index contributed by atoms with van der Waals surface area (Å²) in [5, 5.41) is 3.10. The van der Waals surface area contributed by atoms with Gasteiger partial charge in [-0.1, -0.05) is 41.4 Å². The average Bonchev–Trinajstić information content (AvgIpc) is 2.83. The molecular formula is C27H21BrCl2N2O5. The molecule has 3 aromatic carbocycles. The van der Waals surface area contributed by atoms with Crippen LogP contribution in [0.25, 0.3) is 6.08 Å². The van der Waals surface area contributed by atoms with E-state index < -0.39 is 17.8 Å². The lowest BCUT2D eigenvalue weighted by molar-refractivity contribution is -0.122. The van der Waals surface area contributed by atoms with Gasteiger partial charge in [-0.2, -0.15) is 0 Å². The van der Waals surface area contributed by atoms with E-state index in [1.807, 2.05) is 19.9 Å². The number of carbonyl (C=O) groups excluding carboxylic acids is 3. The molecule has 1 saturated heterocycles. The minimum absolute atomic E-state index is 0.195. The fraction of sp³-hybridized carbons (Fsp3) is 0.148. The average molecular weight is 604 g/mol. The van der Waals surface area contributed by atoms with Gasteiger partial charge >= 0.3 is 6.03 Å². The van der Waals surface area contributed by atoms with E-state index in [0.29, 0.717) is 43.9 Å². The molecule has 4 rings (SSSR count). The van der Waals surface area contributed by atoms with E-state index in [9.17, 15) is 14.4 Å². The van der Waals surface area contributed by atoms with Crippen molar-refractivity contribution >= 4 is 68.7 Å². The first-order valence-electron chi connectivity index (χ1n) is 11.2. The van der Waals surface area contributed by atoms with Crippen LogP contribution in [0, 0.1) is 6.92 Å². The Morgan fingerprint density at radius 2 is 1.78 bits per heavy atom. The van der Waals surface area contributed by atoms with E-state index in [1.165, 1.54) is 6.08 Å².